The molecule has 6 heteroatoms. The highest BCUT2D eigenvalue weighted by Crippen LogP contribution is 2.21. The van der Waals surface area contributed by atoms with E-state index >= 15 is 0 Å². The van der Waals surface area contributed by atoms with E-state index in [-0.39, 0.29) is 11.8 Å². The Balaban J connectivity index is 1.76. The average Bonchev–Trinajstić information content (AvgIpc) is 2.71. The first-order chi connectivity index (χ1) is 13.6. The summed E-state index contributed by atoms with van der Waals surface area (Å²) in [7, 11) is 0. The van der Waals surface area contributed by atoms with Crippen LogP contribution in [0.15, 0.2) is 72.9 Å². The number of nitrogens with one attached hydrogen (secondary N) is 2. The molecule has 2 amide bonds. The van der Waals surface area contributed by atoms with E-state index in [1.807, 2.05) is 61.5 Å². The van der Waals surface area contributed by atoms with E-state index in [0.29, 0.717) is 12.2 Å². The van der Waals surface area contributed by atoms with Crippen LogP contribution in [0.2, 0.25) is 0 Å². The first kappa shape index (κ1) is 19.1. The molecule has 1 aromatic heterocycles. The fourth-order valence-electron chi connectivity index (χ4n) is 2.82. The van der Waals surface area contributed by atoms with Crippen LogP contribution in [0.1, 0.15) is 24.3 Å². The Kier molecular flexibility index (Phi) is 6.01. The monoisotopic (exact) mass is 374 g/mol. The van der Waals surface area contributed by atoms with Crippen LogP contribution >= 0.6 is 0 Å². The molecule has 6 nitrogen and oxygen atoms in total. The minimum absolute atomic E-state index is 0.114. The molecule has 0 atom stereocenters. The van der Waals surface area contributed by atoms with Gasteiger partial charge >= 0.3 is 0 Å². The molecule has 0 spiro atoms. The largest absolute Gasteiger partial charge is 0.355 e. The van der Waals surface area contributed by atoms with Crippen molar-refractivity contribution in [3.63, 3.8) is 0 Å². The SMILES string of the molecule is CCN(C(=O)c1cc(Nc2ccc(NC(C)=O)cc2)ccn1)c1ccccc1. The Morgan fingerprint density at radius 3 is 2.25 bits per heavy atom. The number of aromatic nitrogens is 1. The van der Waals surface area contributed by atoms with Gasteiger partial charge in [-0.15, -0.1) is 0 Å². The molecule has 142 valence electrons. The summed E-state index contributed by atoms with van der Waals surface area (Å²) in [6.07, 6.45) is 1.61. The van der Waals surface area contributed by atoms with Crippen molar-refractivity contribution < 1.29 is 9.59 Å². The number of pyridine rings is 1. The van der Waals surface area contributed by atoms with Gasteiger partial charge in [0.15, 0.2) is 0 Å². The second-order valence-corrected chi connectivity index (χ2v) is 6.20. The third-order valence-corrected chi connectivity index (χ3v) is 4.10. The number of hydrogen-bond acceptors (Lipinski definition) is 4. The van der Waals surface area contributed by atoms with E-state index in [2.05, 4.69) is 15.6 Å². The Morgan fingerprint density at radius 2 is 1.61 bits per heavy atom. The second-order valence-electron chi connectivity index (χ2n) is 6.20. The van der Waals surface area contributed by atoms with Gasteiger partial charge in [0.2, 0.25) is 5.91 Å². The van der Waals surface area contributed by atoms with Gasteiger partial charge in [-0.05, 0) is 55.5 Å². The lowest BCUT2D eigenvalue weighted by Gasteiger charge is -2.20. The zero-order valence-electron chi connectivity index (χ0n) is 15.8. The van der Waals surface area contributed by atoms with Crippen LogP contribution in [-0.2, 0) is 4.79 Å². The summed E-state index contributed by atoms with van der Waals surface area (Å²) in [5.74, 6) is -0.268. The summed E-state index contributed by atoms with van der Waals surface area (Å²) in [6.45, 7) is 3.95. The number of amides is 2. The van der Waals surface area contributed by atoms with Crippen LogP contribution in [0.3, 0.4) is 0 Å². The average molecular weight is 374 g/mol. The minimum Gasteiger partial charge on any atom is -0.355 e. The van der Waals surface area contributed by atoms with Crippen LogP contribution in [0, 0.1) is 0 Å². The summed E-state index contributed by atoms with van der Waals surface area (Å²) < 4.78 is 0. The van der Waals surface area contributed by atoms with Crippen molar-refractivity contribution in [2.24, 2.45) is 0 Å². The molecule has 3 aromatic rings. The predicted molar refractivity (Wildman–Crippen MR) is 112 cm³/mol. The van der Waals surface area contributed by atoms with Crippen molar-refractivity contribution >= 4 is 34.6 Å². The van der Waals surface area contributed by atoms with Gasteiger partial charge in [-0.25, -0.2) is 0 Å². The number of anilines is 4. The summed E-state index contributed by atoms with van der Waals surface area (Å²) in [5, 5.41) is 5.98. The van der Waals surface area contributed by atoms with E-state index in [1.165, 1.54) is 6.92 Å². The van der Waals surface area contributed by atoms with Gasteiger partial charge in [-0.1, -0.05) is 18.2 Å². The Labute approximate surface area is 164 Å². The lowest BCUT2D eigenvalue weighted by molar-refractivity contribution is -0.114. The number of carbonyl (C=O) groups is 2. The van der Waals surface area contributed by atoms with Gasteiger partial charge in [0.25, 0.3) is 5.91 Å². The quantitative estimate of drug-likeness (QED) is 0.668. The molecule has 0 aliphatic heterocycles. The van der Waals surface area contributed by atoms with E-state index in [1.54, 1.807) is 23.2 Å². The fraction of sp³-hybridized carbons (Fsp3) is 0.136. The number of hydrogen-bond donors (Lipinski definition) is 2. The molecule has 2 aromatic carbocycles. The van der Waals surface area contributed by atoms with Crippen molar-refractivity contribution in [1.82, 2.24) is 4.98 Å². The van der Waals surface area contributed by atoms with Gasteiger partial charge in [-0.2, -0.15) is 0 Å². The minimum atomic E-state index is -0.154. The van der Waals surface area contributed by atoms with Gasteiger partial charge in [-0.3, -0.25) is 14.6 Å². The van der Waals surface area contributed by atoms with Crippen molar-refractivity contribution in [2.75, 3.05) is 22.1 Å². The van der Waals surface area contributed by atoms with Gasteiger partial charge in [0.1, 0.15) is 5.69 Å². The maximum absolute atomic E-state index is 12.9. The summed E-state index contributed by atoms with van der Waals surface area (Å²) in [6, 6.07) is 20.4. The first-order valence-electron chi connectivity index (χ1n) is 9.04. The molecule has 0 saturated carbocycles. The predicted octanol–water partition coefficient (Wildman–Crippen LogP) is 4.45. The Bertz CT molecular complexity index is 956. The molecular formula is C22H22N4O2. The topological polar surface area (TPSA) is 74.3 Å². The highest BCUT2D eigenvalue weighted by Gasteiger charge is 2.17. The Morgan fingerprint density at radius 1 is 0.929 bits per heavy atom. The normalized spacial score (nSPS) is 10.2. The van der Waals surface area contributed by atoms with Crippen LogP contribution < -0.4 is 15.5 Å². The molecule has 3 rings (SSSR count). The standard InChI is InChI=1S/C22H22N4O2/c1-3-26(20-7-5-4-6-8-20)22(28)21-15-19(13-14-23-21)25-18-11-9-17(10-12-18)24-16(2)27/h4-15H,3H2,1-2H3,(H,23,25)(H,24,27). The lowest BCUT2D eigenvalue weighted by Crippen LogP contribution is -2.31. The molecule has 1 heterocycles. The van der Waals surface area contributed by atoms with Crippen molar-refractivity contribution in [3.8, 4) is 0 Å². The third kappa shape index (κ3) is 4.73. The first-order valence-corrected chi connectivity index (χ1v) is 9.04. The molecule has 28 heavy (non-hydrogen) atoms. The van der Waals surface area contributed by atoms with E-state index in [4.69, 9.17) is 0 Å². The number of rotatable bonds is 6. The molecule has 2 N–H and O–H groups in total. The number of benzene rings is 2. The van der Waals surface area contributed by atoms with Crippen LogP contribution in [0.4, 0.5) is 22.7 Å². The highest BCUT2D eigenvalue weighted by molar-refractivity contribution is 6.05. The zero-order chi connectivity index (χ0) is 19.9. The smallest absolute Gasteiger partial charge is 0.276 e. The van der Waals surface area contributed by atoms with Crippen LogP contribution in [0.25, 0.3) is 0 Å². The van der Waals surface area contributed by atoms with Crippen LogP contribution in [0.5, 0.6) is 0 Å². The summed E-state index contributed by atoms with van der Waals surface area (Å²) in [5.41, 5.74) is 3.53. The maximum atomic E-state index is 12.9. The van der Waals surface area contributed by atoms with E-state index in [0.717, 1.165) is 22.7 Å². The molecule has 0 unspecified atom stereocenters. The maximum Gasteiger partial charge on any atom is 0.276 e. The molecular weight excluding hydrogens is 352 g/mol. The lowest BCUT2D eigenvalue weighted by atomic mass is 10.2. The second kappa shape index (κ2) is 8.81. The molecule has 0 aliphatic rings. The van der Waals surface area contributed by atoms with Gasteiger partial charge < -0.3 is 15.5 Å². The highest BCUT2D eigenvalue weighted by atomic mass is 16.2. The summed E-state index contributed by atoms with van der Waals surface area (Å²) in [4.78, 5) is 30.0. The third-order valence-electron chi connectivity index (χ3n) is 4.10. The Hall–Kier alpha value is -3.67. The molecule has 0 saturated heterocycles. The number of nitrogens with zero attached hydrogens (tertiary/aromatic N) is 2. The van der Waals surface area contributed by atoms with Gasteiger partial charge in [0, 0.05) is 42.4 Å². The van der Waals surface area contributed by atoms with E-state index in [9.17, 15) is 9.59 Å². The zero-order valence-corrected chi connectivity index (χ0v) is 15.8. The number of para-hydroxylation sites is 1. The van der Waals surface area contributed by atoms with E-state index < -0.39 is 0 Å². The summed E-state index contributed by atoms with van der Waals surface area (Å²) >= 11 is 0. The molecule has 0 aliphatic carbocycles. The van der Waals surface area contributed by atoms with Crippen molar-refractivity contribution in [1.29, 1.82) is 0 Å². The van der Waals surface area contributed by atoms with Gasteiger partial charge in [0.05, 0.1) is 0 Å². The molecule has 0 bridgehead atoms. The number of carbonyl (C=O) groups excluding carboxylic acids is 2. The molecule has 0 fully saturated rings. The van der Waals surface area contributed by atoms with Crippen molar-refractivity contribution in [3.05, 3.63) is 78.6 Å². The molecule has 0 radical (unpaired) electrons. The fourth-order valence-corrected chi connectivity index (χ4v) is 2.82. The van der Waals surface area contributed by atoms with Crippen LogP contribution in [-0.4, -0.2) is 23.3 Å². The van der Waals surface area contributed by atoms with Crippen molar-refractivity contribution in [2.45, 2.75) is 13.8 Å².